The molecular formula is C22H20BrN5O2. The molecule has 1 aliphatic rings. The van der Waals surface area contributed by atoms with E-state index < -0.39 is 0 Å². The Kier molecular flexibility index (Phi) is 6.34. The summed E-state index contributed by atoms with van der Waals surface area (Å²) in [5.74, 6) is 0.681. The number of anilines is 1. The fraction of sp³-hybridized carbons (Fsp3) is 0.182. The zero-order chi connectivity index (χ0) is 20.8. The van der Waals surface area contributed by atoms with Gasteiger partial charge >= 0.3 is 12.0 Å². The number of aromatic nitrogens is 3. The first kappa shape index (κ1) is 20.0. The van der Waals surface area contributed by atoms with Crippen LogP contribution in [0.3, 0.4) is 0 Å². The molecule has 0 bridgehead atoms. The maximum absolute atomic E-state index is 12.4. The van der Waals surface area contributed by atoms with Gasteiger partial charge < -0.3 is 15.0 Å². The molecule has 8 heteroatoms. The third kappa shape index (κ3) is 5.42. The molecule has 0 atom stereocenters. The fourth-order valence-electron chi connectivity index (χ4n) is 3.14. The molecule has 0 spiro atoms. The molecule has 4 rings (SSSR count). The van der Waals surface area contributed by atoms with E-state index in [2.05, 4.69) is 42.3 Å². The molecule has 2 aromatic heterocycles. The second-order valence-corrected chi connectivity index (χ2v) is 7.74. The van der Waals surface area contributed by atoms with E-state index >= 15 is 0 Å². The molecule has 0 aliphatic carbocycles. The summed E-state index contributed by atoms with van der Waals surface area (Å²) in [4.78, 5) is 26.5. The second-order valence-electron chi connectivity index (χ2n) is 6.82. The van der Waals surface area contributed by atoms with E-state index in [1.54, 1.807) is 30.9 Å². The van der Waals surface area contributed by atoms with Crippen molar-refractivity contribution in [1.82, 2.24) is 19.9 Å². The van der Waals surface area contributed by atoms with Crippen molar-refractivity contribution in [1.29, 1.82) is 0 Å². The number of nitrogens with zero attached hydrogens (tertiary/aromatic N) is 4. The summed E-state index contributed by atoms with van der Waals surface area (Å²) in [7, 11) is 0. The minimum absolute atomic E-state index is 0.0908. The molecule has 1 aromatic carbocycles. The van der Waals surface area contributed by atoms with Crippen molar-refractivity contribution in [2.75, 3.05) is 18.4 Å². The lowest BCUT2D eigenvalue weighted by Crippen LogP contribution is -2.39. The predicted molar refractivity (Wildman–Crippen MR) is 118 cm³/mol. The second kappa shape index (κ2) is 9.49. The summed E-state index contributed by atoms with van der Waals surface area (Å²) in [6.45, 7) is 1.36. The van der Waals surface area contributed by atoms with Gasteiger partial charge in [-0.2, -0.15) is 0 Å². The molecule has 0 unspecified atom stereocenters. The van der Waals surface area contributed by atoms with Gasteiger partial charge in [0.25, 0.3) is 0 Å². The number of halogens is 1. The Morgan fingerprint density at radius 3 is 2.63 bits per heavy atom. The minimum Gasteiger partial charge on any atom is -0.424 e. The zero-order valence-electron chi connectivity index (χ0n) is 16.2. The van der Waals surface area contributed by atoms with Crippen LogP contribution in [0.5, 0.6) is 11.8 Å². The number of hydrogen-bond acceptors (Lipinski definition) is 5. The Balaban J connectivity index is 1.35. The lowest BCUT2D eigenvalue weighted by molar-refractivity contribution is 0.208. The molecule has 3 heterocycles. The van der Waals surface area contributed by atoms with Gasteiger partial charge in [0.1, 0.15) is 5.75 Å². The third-order valence-corrected chi connectivity index (χ3v) is 5.05. The SMILES string of the molecule is O=C(Nc1cccnc1)N1CCC(=Cc2cccc(Oc3ncc(Br)cn3)c2)CC1. The van der Waals surface area contributed by atoms with Crippen molar-refractivity contribution in [2.24, 2.45) is 0 Å². The predicted octanol–water partition coefficient (Wildman–Crippen LogP) is 5.14. The van der Waals surface area contributed by atoms with E-state index in [9.17, 15) is 4.79 Å². The van der Waals surface area contributed by atoms with Gasteiger partial charge in [0, 0.05) is 31.7 Å². The van der Waals surface area contributed by atoms with Crippen molar-refractivity contribution in [3.8, 4) is 11.8 Å². The molecule has 0 saturated carbocycles. The van der Waals surface area contributed by atoms with Crippen LogP contribution in [0.25, 0.3) is 6.08 Å². The molecule has 1 saturated heterocycles. The van der Waals surface area contributed by atoms with Crippen LogP contribution in [-0.2, 0) is 0 Å². The number of pyridine rings is 1. The van der Waals surface area contributed by atoms with Crippen LogP contribution in [-0.4, -0.2) is 39.0 Å². The average Bonchev–Trinajstić information content (AvgIpc) is 2.77. The quantitative estimate of drug-likeness (QED) is 0.576. The number of carbonyl (C=O) groups is 1. The number of likely N-dealkylation sites (tertiary alicyclic amines) is 1. The van der Waals surface area contributed by atoms with Gasteiger partial charge in [-0.1, -0.05) is 23.8 Å². The van der Waals surface area contributed by atoms with Crippen molar-refractivity contribution in [3.63, 3.8) is 0 Å². The molecule has 1 N–H and O–H groups in total. The Bertz CT molecular complexity index is 1030. The van der Waals surface area contributed by atoms with Gasteiger partial charge in [-0.05, 0) is 58.6 Å². The number of urea groups is 1. The number of hydrogen-bond donors (Lipinski definition) is 1. The molecule has 3 aromatic rings. The largest absolute Gasteiger partial charge is 0.424 e. The standard InChI is InChI=1S/C22H20BrN5O2/c23-18-13-25-21(26-14-18)30-20-5-1-3-17(12-20)11-16-6-9-28(10-7-16)22(29)27-19-4-2-8-24-15-19/h1-5,8,11-15H,6-7,9-10H2,(H,27,29). The van der Waals surface area contributed by atoms with E-state index in [1.807, 2.05) is 35.2 Å². The summed E-state index contributed by atoms with van der Waals surface area (Å²) >= 11 is 3.31. The Morgan fingerprint density at radius 2 is 1.90 bits per heavy atom. The first-order valence-electron chi connectivity index (χ1n) is 9.56. The summed E-state index contributed by atoms with van der Waals surface area (Å²) in [6, 6.07) is 11.6. The Labute approximate surface area is 183 Å². The number of piperidine rings is 1. The van der Waals surface area contributed by atoms with Crippen molar-refractivity contribution < 1.29 is 9.53 Å². The van der Waals surface area contributed by atoms with Crippen LogP contribution in [0.2, 0.25) is 0 Å². The van der Waals surface area contributed by atoms with E-state index in [0.717, 1.165) is 22.9 Å². The molecule has 152 valence electrons. The fourth-order valence-corrected chi connectivity index (χ4v) is 3.35. The Morgan fingerprint density at radius 1 is 1.10 bits per heavy atom. The van der Waals surface area contributed by atoms with Crippen LogP contribution in [0.4, 0.5) is 10.5 Å². The zero-order valence-corrected chi connectivity index (χ0v) is 17.7. The summed E-state index contributed by atoms with van der Waals surface area (Å²) < 4.78 is 6.53. The van der Waals surface area contributed by atoms with Gasteiger partial charge in [0.05, 0.1) is 16.4 Å². The van der Waals surface area contributed by atoms with Crippen LogP contribution >= 0.6 is 15.9 Å². The third-order valence-electron chi connectivity index (χ3n) is 4.64. The smallest absolute Gasteiger partial charge is 0.321 e. The number of amides is 2. The molecule has 0 radical (unpaired) electrons. The molecule has 1 aliphatic heterocycles. The Hall–Kier alpha value is -3.26. The highest BCUT2D eigenvalue weighted by atomic mass is 79.9. The first-order chi connectivity index (χ1) is 14.7. The lowest BCUT2D eigenvalue weighted by atomic mass is 10.0. The monoisotopic (exact) mass is 465 g/mol. The first-order valence-corrected chi connectivity index (χ1v) is 10.4. The van der Waals surface area contributed by atoms with Crippen LogP contribution in [0.1, 0.15) is 18.4 Å². The summed E-state index contributed by atoms with van der Waals surface area (Å²) in [5, 5.41) is 2.88. The van der Waals surface area contributed by atoms with Crippen molar-refractivity contribution in [3.05, 3.63) is 76.8 Å². The van der Waals surface area contributed by atoms with Gasteiger partial charge in [-0.3, -0.25) is 4.98 Å². The van der Waals surface area contributed by atoms with E-state index in [4.69, 9.17) is 4.74 Å². The van der Waals surface area contributed by atoms with E-state index in [1.165, 1.54) is 5.57 Å². The number of carbonyl (C=O) groups excluding carboxylic acids is 1. The average molecular weight is 466 g/mol. The van der Waals surface area contributed by atoms with Crippen LogP contribution in [0, 0.1) is 0 Å². The normalized spacial score (nSPS) is 13.6. The number of rotatable bonds is 4. The van der Waals surface area contributed by atoms with Crippen molar-refractivity contribution >= 4 is 33.7 Å². The summed E-state index contributed by atoms with van der Waals surface area (Å²) in [5.41, 5.74) is 3.06. The highest BCUT2D eigenvalue weighted by molar-refractivity contribution is 9.10. The van der Waals surface area contributed by atoms with Gasteiger partial charge in [-0.25, -0.2) is 14.8 Å². The van der Waals surface area contributed by atoms with E-state index in [-0.39, 0.29) is 6.03 Å². The molecule has 1 fully saturated rings. The molecule has 30 heavy (non-hydrogen) atoms. The minimum atomic E-state index is -0.0908. The highest BCUT2D eigenvalue weighted by Crippen LogP contribution is 2.24. The molecule has 2 amide bonds. The van der Waals surface area contributed by atoms with E-state index in [0.29, 0.717) is 30.5 Å². The van der Waals surface area contributed by atoms with Crippen LogP contribution in [0.15, 0.2) is 71.2 Å². The van der Waals surface area contributed by atoms with Crippen LogP contribution < -0.4 is 10.1 Å². The van der Waals surface area contributed by atoms with Gasteiger partial charge in [0.15, 0.2) is 0 Å². The topological polar surface area (TPSA) is 80.2 Å². The number of nitrogens with one attached hydrogen (secondary N) is 1. The maximum atomic E-state index is 12.4. The molecular weight excluding hydrogens is 446 g/mol. The van der Waals surface area contributed by atoms with Crippen molar-refractivity contribution in [2.45, 2.75) is 12.8 Å². The number of benzene rings is 1. The van der Waals surface area contributed by atoms with Gasteiger partial charge in [0.2, 0.25) is 0 Å². The maximum Gasteiger partial charge on any atom is 0.321 e. The molecule has 7 nitrogen and oxygen atoms in total. The lowest BCUT2D eigenvalue weighted by Gasteiger charge is -2.28. The van der Waals surface area contributed by atoms with Gasteiger partial charge in [-0.15, -0.1) is 0 Å². The highest BCUT2D eigenvalue weighted by Gasteiger charge is 2.19. The number of ether oxygens (including phenoxy) is 1. The summed E-state index contributed by atoms with van der Waals surface area (Å²) in [6.07, 6.45) is 10.4.